The third-order valence-electron chi connectivity index (χ3n) is 7.03. The molecule has 3 heterocycles. The molecule has 4 rings (SSSR count). The van der Waals surface area contributed by atoms with E-state index in [9.17, 15) is 18.0 Å². The first-order valence-electron chi connectivity index (χ1n) is 11.7. The third-order valence-corrected chi connectivity index (χ3v) is 9.16. The minimum absolute atomic E-state index is 0.0466. The van der Waals surface area contributed by atoms with Crippen LogP contribution in [0.1, 0.15) is 44.9 Å². The molecule has 176 valence electrons. The molecular formula is C23H32ClN3O4S. The van der Waals surface area contributed by atoms with Crippen molar-refractivity contribution in [1.82, 2.24) is 14.1 Å². The number of carbonyl (C=O) groups excluding carboxylic acids is 2. The van der Waals surface area contributed by atoms with Crippen LogP contribution in [0.4, 0.5) is 0 Å². The summed E-state index contributed by atoms with van der Waals surface area (Å²) in [6.07, 6.45) is 5.84. The van der Waals surface area contributed by atoms with Gasteiger partial charge in [-0.15, -0.1) is 0 Å². The Morgan fingerprint density at radius 1 is 0.875 bits per heavy atom. The molecule has 3 aliphatic heterocycles. The number of carbonyl (C=O) groups is 2. The van der Waals surface area contributed by atoms with Crippen molar-refractivity contribution in [2.24, 2.45) is 11.8 Å². The SMILES string of the molecule is O=C(CC1CCN(C(=O)C2CCCN(S(=O)(=O)c3ccc(Cl)cc3)C2)CC1)N1CCCC1. The van der Waals surface area contributed by atoms with E-state index < -0.39 is 10.0 Å². The Balaban J connectivity index is 1.31. The van der Waals surface area contributed by atoms with Crippen molar-refractivity contribution < 1.29 is 18.0 Å². The molecule has 1 aromatic carbocycles. The van der Waals surface area contributed by atoms with E-state index in [1.807, 2.05) is 9.80 Å². The van der Waals surface area contributed by atoms with Crippen LogP contribution in [0.2, 0.25) is 5.02 Å². The largest absolute Gasteiger partial charge is 0.343 e. The van der Waals surface area contributed by atoms with Crippen LogP contribution in [0.15, 0.2) is 29.2 Å². The van der Waals surface area contributed by atoms with Crippen molar-refractivity contribution in [3.05, 3.63) is 29.3 Å². The number of nitrogens with zero attached hydrogens (tertiary/aromatic N) is 3. The Kier molecular flexibility index (Phi) is 7.42. The monoisotopic (exact) mass is 481 g/mol. The van der Waals surface area contributed by atoms with Gasteiger partial charge >= 0.3 is 0 Å². The smallest absolute Gasteiger partial charge is 0.243 e. The summed E-state index contributed by atoms with van der Waals surface area (Å²) in [6, 6.07) is 6.16. The number of piperidine rings is 2. The highest BCUT2D eigenvalue weighted by molar-refractivity contribution is 7.89. The van der Waals surface area contributed by atoms with E-state index >= 15 is 0 Å². The Hall–Kier alpha value is -1.64. The number of rotatable bonds is 5. The van der Waals surface area contributed by atoms with Crippen LogP contribution in [0, 0.1) is 11.8 Å². The van der Waals surface area contributed by atoms with Gasteiger partial charge in [-0.2, -0.15) is 4.31 Å². The van der Waals surface area contributed by atoms with Gasteiger partial charge in [0.25, 0.3) is 0 Å². The van der Waals surface area contributed by atoms with Crippen molar-refractivity contribution in [2.45, 2.75) is 49.8 Å². The van der Waals surface area contributed by atoms with Crippen LogP contribution in [-0.2, 0) is 19.6 Å². The molecule has 1 atom stereocenters. The van der Waals surface area contributed by atoms with Crippen molar-refractivity contribution in [2.75, 3.05) is 39.3 Å². The van der Waals surface area contributed by atoms with Crippen molar-refractivity contribution in [1.29, 1.82) is 0 Å². The Labute approximate surface area is 195 Å². The number of hydrogen-bond acceptors (Lipinski definition) is 4. The summed E-state index contributed by atoms with van der Waals surface area (Å²) in [4.78, 5) is 29.6. The van der Waals surface area contributed by atoms with Gasteiger partial charge in [-0.3, -0.25) is 9.59 Å². The third kappa shape index (κ3) is 5.29. The van der Waals surface area contributed by atoms with Crippen LogP contribution in [0.25, 0.3) is 0 Å². The number of likely N-dealkylation sites (tertiary alicyclic amines) is 2. The van der Waals surface area contributed by atoms with Crippen molar-refractivity contribution >= 4 is 33.4 Å². The maximum absolute atomic E-state index is 13.2. The van der Waals surface area contributed by atoms with Crippen molar-refractivity contribution in [3.63, 3.8) is 0 Å². The second-order valence-electron chi connectivity index (χ2n) is 9.22. The number of hydrogen-bond donors (Lipinski definition) is 0. The lowest BCUT2D eigenvalue weighted by Crippen LogP contribution is -2.48. The molecule has 3 fully saturated rings. The lowest BCUT2D eigenvalue weighted by atomic mass is 9.91. The van der Waals surface area contributed by atoms with Gasteiger partial charge in [0.05, 0.1) is 10.8 Å². The fourth-order valence-corrected chi connectivity index (χ4v) is 6.73. The second-order valence-corrected chi connectivity index (χ2v) is 11.6. The summed E-state index contributed by atoms with van der Waals surface area (Å²) < 4.78 is 27.5. The lowest BCUT2D eigenvalue weighted by molar-refractivity contribution is -0.138. The van der Waals surface area contributed by atoms with Gasteiger partial charge < -0.3 is 9.80 Å². The van der Waals surface area contributed by atoms with Gasteiger partial charge in [0.1, 0.15) is 0 Å². The molecule has 0 saturated carbocycles. The molecule has 9 heteroatoms. The summed E-state index contributed by atoms with van der Waals surface area (Å²) in [5.74, 6) is 0.321. The predicted molar refractivity (Wildman–Crippen MR) is 123 cm³/mol. The van der Waals surface area contributed by atoms with Crippen LogP contribution < -0.4 is 0 Å². The molecule has 2 amide bonds. The molecule has 1 aromatic rings. The average molecular weight is 482 g/mol. The summed E-state index contributed by atoms with van der Waals surface area (Å²) in [7, 11) is -3.64. The Morgan fingerprint density at radius 2 is 1.53 bits per heavy atom. The maximum Gasteiger partial charge on any atom is 0.243 e. The first kappa shape index (κ1) is 23.5. The molecule has 0 bridgehead atoms. The van der Waals surface area contributed by atoms with E-state index in [0.29, 0.717) is 49.8 Å². The molecule has 1 unspecified atom stereocenters. The standard InChI is InChI=1S/C23H32ClN3O4S/c24-20-5-7-21(8-6-20)32(30,31)27-13-3-4-19(17-27)23(29)26-14-9-18(10-15-26)16-22(28)25-11-1-2-12-25/h5-8,18-19H,1-4,9-17H2. The fourth-order valence-electron chi connectivity index (χ4n) is 5.08. The molecular weight excluding hydrogens is 450 g/mol. The first-order valence-corrected chi connectivity index (χ1v) is 13.5. The predicted octanol–water partition coefficient (Wildman–Crippen LogP) is 2.99. The molecule has 0 aromatic heterocycles. The van der Waals surface area contributed by atoms with E-state index in [-0.39, 0.29) is 29.2 Å². The van der Waals surface area contributed by atoms with E-state index in [0.717, 1.165) is 38.8 Å². The van der Waals surface area contributed by atoms with Crippen LogP contribution >= 0.6 is 11.6 Å². The van der Waals surface area contributed by atoms with E-state index in [1.165, 1.54) is 16.4 Å². The number of halogens is 1. The van der Waals surface area contributed by atoms with Crippen molar-refractivity contribution in [3.8, 4) is 0 Å². The average Bonchev–Trinajstić information content (AvgIpc) is 3.35. The molecule has 3 aliphatic rings. The summed E-state index contributed by atoms with van der Waals surface area (Å²) >= 11 is 5.89. The van der Waals surface area contributed by atoms with Gasteiger partial charge in [0.2, 0.25) is 21.8 Å². The number of benzene rings is 1. The normalized spacial score (nSPS) is 23.5. The summed E-state index contributed by atoms with van der Waals surface area (Å²) in [5, 5.41) is 0.487. The number of amides is 2. The fraction of sp³-hybridized carbons (Fsp3) is 0.652. The van der Waals surface area contributed by atoms with E-state index in [2.05, 4.69) is 0 Å². The molecule has 0 N–H and O–H groups in total. The molecule has 0 spiro atoms. The zero-order chi connectivity index (χ0) is 22.7. The van der Waals surface area contributed by atoms with E-state index in [4.69, 9.17) is 11.6 Å². The molecule has 7 nitrogen and oxygen atoms in total. The maximum atomic E-state index is 13.2. The zero-order valence-electron chi connectivity index (χ0n) is 18.4. The first-order chi connectivity index (χ1) is 15.3. The Bertz CT molecular complexity index is 923. The van der Waals surface area contributed by atoms with Gasteiger partial charge in [-0.25, -0.2) is 8.42 Å². The second kappa shape index (κ2) is 10.1. The quantitative estimate of drug-likeness (QED) is 0.647. The zero-order valence-corrected chi connectivity index (χ0v) is 20.0. The molecule has 3 saturated heterocycles. The summed E-state index contributed by atoms with van der Waals surface area (Å²) in [5.41, 5.74) is 0. The van der Waals surface area contributed by atoms with Crippen LogP contribution in [-0.4, -0.2) is 73.6 Å². The lowest BCUT2D eigenvalue weighted by Gasteiger charge is -2.37. The highest BCUT2D eigenvalue weighted by atomic mass is 35.5. The molecule has 0 aliphatic carbocycles. The van der Waals surface area contributed by atoms with Gasteiger partial charge in [-0.1, -0.05) is 11.6 Å². The Morgan fingerprint density at radius 3 is 2.19 bits per heavy atom. The van der Waals surface area contributed by atoms with E-state index in [1.54, 1.807) is 12.1 Å². The topological polar surface area (TPSA) is 78.0 Å². The summed E-state index contributed by atoms with van der Waals surface area (Å²) in [6.45, 7) is 3.71. The van der Waals surface area contributed by atoms with Gasteiger partial charge in [-0.05, 0) is 68.7 Å². The minimum atomic E-state index is -3.64. The molecule has 0 radical (unpaired) electrons. The molecule has 32 heavy (non-hydrogen) atoms. The number of sulfonamides is 1. The van der Waals surface area contributed by atoms with Gasteiger partial charge in [0, 0.05) is 50.7 Å². The highest BCUT2D eigenvalue weighted by Gasteiger charge is 2.36. The van der Waals surface area contributed by atoms with Crippen LogP contribution in [0.3, 0.4) is 0 Å². The van der Waals surface area contributed by atoms with Gasteiger partial charge in [0.15, 0.2) is 0 Å². The highest BCUT2D eigenvalue weighted by Crippen LogP contribution is 2.28. The minimum Gasteiger partial charge on any atom is -0.343 e. The van der Waals surface area contributed by atoms with Crippen LogP contribution in [0.5, 0.6) is 0 Å².